The van der Waals surface area contributed by atoms with Crippen molar-refractivity contribution in [1.82, 2.24) is 0 Å². The average Bonchev–Trinajstić information content (AvgIpc) is 2.39. The lowest BCUT2D eigenvalue weighted by Gasteiger charge is -2.07. The second-order valence-electron chi connectivity index (χ2n) is 4.15. The van der Waals surface area contributed by atoms with Crippen molar-refractivity contribution in [2.24, 2.45) is 0 Å². The summed E-state index contributed by atoms with van der Waals surface area (Å²) in [6.45, 7) is 0. The summed E-state index contributed by atoms with van der Waals surface area (Å²) >= 11 is 0. The van der Waals surface area contributed by atoms with Gasteiger partial charge in [0.05, 0.1) is 10.7 Å². The Morgan fingerprint density at radius 1 is 1.00 bits per heavy atom. The van der Waals surface area contributed by atoms with E-state index in [9.17, 15) is 18.5 Å². The van der Waals surface area contributed by atoms with Crippen molar-refractivity contribution in [3.8, 4) is 0 Å². The molecule has 0 aliphatic rings. The molecule has 0 amide bonds. The number of hydrogen-bond donors (Lipinski definition) is 1. The quantitative estimate of drug-likeness (QED) is 0.677. The summed E-state index contributed by atoms with van der Waals surface area (Å²) in [5.74, 6) is -0.236. The summed E-state index contributed by atoms with van der Waals surface area (Å²) in [7, 11) is -3.54. The normalized spacial score (nSPS) is 11.0. The first-order chi connectivity index (χ1) is 9.46. The van der Waals surface area contributed by atoms with Crippen molar-refractivity contribution < 1.29 is 13.3 Å². The molecule has 2 aromatic carbocycles. The Bertz CT molecular complexity index is 697. The van der Waals surface area contributed by atoms with E-state index < -0.39 is 14.9 Å². The Kier molecular flexibility index (Phi) is 3.99. The van der Waals surface area contributed by atoms with E-state index >= 15 is 0 Å². The van der Waals surface area contributed by atoms with E-state index in [-0.39, 0.29) is 11.4 Å². The molecule has 0 spiro atoms. The van der Waals surface area contributed by atoms with Crippen LogP contribution in [0, 0.1) is 10.1 Å². The number of hydrogen-bond acceptors (Lipinski definition) is 4. The molecule has 0 radical (unpaired) electrons. The zero-order chi connectivity index (χ0) is 14.6. The largest absolute Gasteiger partial charge is 0.283 e. The van der Waals surface area contributed by atoms with E-state index in [1.807, 2.05) is 0 Å². The van der Waals surface area contributed by atoms with Crippen molar-refractivity contribution in [3.05, 3.63) is 70.3 Å². The van der Waals surface area contributed by atoms with Crippen LogP contribution in [0.2, 0.25) is 0 Å². The summed E-state index contributed by atoms with van der Waals surface area (Å²) in [6.07, 6.45) is 0. The lowest BCUT2D eigenvalue weighted by molar-refractivity contribution is -0.384. The SMILES string of the molecule is O=[N+]([O-])c1ccc(CS(=O)(=O)Nc2ccccc2)cc1. The summed E-state index contributed by atoms with van der Waals surface area (Å²) < 4.78 is 26.3. The maximum Gasteiger partial charge on any atom is 0.269 e. The predicted octanol–water partition coefficient (Wildman–Crippen LogP) is 2.54. The molecule has 7 heteroatoms. The highest BCUT2D eigenvalue weighted by molar-refractivity contribution is 7.91. The molecule has 0 unspecified atom stereocenters. The highest BCUT2D eigenvalue weighted by atomic mass is 32.2. The second-order valence-corrected chi connectivity index (χ2v) is 5.87. The van der Waals surface area contributed by atoms with Gasteiger partial charge in [0.25, 0.3) is 5.69 Å². The topological polar surface area (TPSA) is 89.3 Å². The maximum absolute atomic E-state index is 11.9. The zero-order valence-corrected chi connectivity index (χ0v) is 11.2. The van der Waals surface area contributed by atoms with Gasteiger partial charge >= 0.3 is 0 Å². The molecule has 0 aliphatic carbocycles. The Morgan fingerprint density at radius 2 is 1.60 bits per heavy atom. The van der Waals surface area contributed by atoms with Crippen molar-refractivity contribution >= 4 is 21.4 Å². The lowest BCUT2D eigenvalue weighted by atomic mass is 10.2. The highest BCUT2D eigenvalue weighted by Gasteiger charge is 2.13. The monoisotopic (exact) mass is 292 g/mol. The van der Waals surface area contributed by atoms with Crippen LogP contribution in [0.5, 0.6) is 0 Å². The smallest absolute Gasteiger partial charge is 0.269 e. The predicted molar refractivity (Wildman–Crippen MR) is 75.8 cm³/mol. The molecule has 1 N–H and O–H groups in total. The Morgan fingerprint density at radius 3 is 2.15 bits per heavy atom. The van der Waals surface area contributed by atoms with Crippen molar-refractivity contribution in [2.75, 3.05) is 4.72 Å². The van der Waals surface area contributed by atoms with Gasteiger partial charge in [0.2, 0.25) is 10.0 Å². The van der Waals surface area contributed by atoms with Crippen LogP contribution >= 0.6 is 0 Å². The Hall–Kier alpha value is -2.41. The molecule has 0 heterocycles. The number of non-ortho nitro benzene ring substituents is 1. The maximum atomic E-state index is 11.9. The molecule has 0 saturated carbocycles. The fraction of sp³-hybridized carbons (Fsp3) is 0.0769. The van der Waals surface area contributed by atoms with Gasteiger partial charge in [-0.25, -0.2) is 8.42 Å². The first-order valence-electron chi connectivity index (χ1n) is 5.75. The Balaban J connectivity index is 2.10. The number of para-hydroxylation sites is 1. The number of sulfonamides is 1. The standard InChI is InChI=1S/C13H12N2O4S/c16-15(17)13-8-6-11(7-9-13)10-20(18,19)14-12-4-2-1-3-5-12/h1-9,14H,10H2. The van der Waals surface area contributed by atoms with Crippen molar-refractivity contribution in [3.63, 3.8) is 0 Å². The molecule has 2 rings (SSSR count). The van der Waals surface area contributed by atoms with E-state index in [2.05, 4.69) is 4.72 Å². The molecular formula is C13H12N2O4S. The summed E-state index contributed by atoms with van der Waals surface area (Å²) in [5, 5.41) is 10.5. The van der Waals surface area contributed by atoms with Gasteiger partial charge in [-0.05, 0) is 17.7 Å². The molecule has 6 nitrogen and oxygen atoms in total. The van der Waals surface area contributed by atoms with Crippen LogP contribution in [0.3, 0.4) is 0 Å². The number of rotatable bonds is 5. The van der Waals surface area contributed by atoms with Crippen molar-refractivity contribution in [1.29, 1.82) is 0 Å². The van der Waals surface area contributed by atoms with E-state index in [4.69, 9.17) is 0 Å². The molecule has 0 saturated heterocycles. The van der Waals surface area contributed by atoms with Gasteiger partial charge in [-0.15, -0.1) is 0 Å². The van der Waals surface area contributed by atoms with E-state index in [1.54, 1.807) is 30.3 Å². The summed E-state index contributed by atoms with van der Waals surface area (Å²) in [4.78, 5) is 9.99. The first-order valence-corrected chi connectivity index (χ1v) is 7.40. The number of anilines is 1. The molecular weight excluding hydrogens is 280 g/mol. The third-order valence-corrected chi connectivity index (χ3v) is 3.81. The summed E-state index contributed by atoms with van der Waals surface area (Å²) in [6, 6.07) is 14.0. The Labute approximate surface area is 116 Å². The fourth-order valence-corrected chi connectivity index (χ4v) is 2.85. The number of nitro groups is 1. The fourth-order valence-electron chi connectivity index (χ4n) is 1.66. The number of nitrogens with zero attached hydrogens (tertiary/aromatic N) is 1. The van der Waals surface area contributed by atoms with Gasteiger partial charge in [0, 0.05) is 17.8 Å². The molecule has 0 bridgehead atoms. The molecule has 2 aromatic rings. The van der Waals surface area contributed by atoms with Crippen LogP contribution < -0.4 is 4.72 Å². The van der Waals surface area contributed by atoms with Crippen molar-refractivity contribution in [2.45, 2.75) is 5.75 Å². The third-order valence-electron chi connectivity index (χ3n) is 2.55. The molecule has 20 heavy (non-hydrogen) atoms. The van der Waals surface area contributed by atoms with Crippen LogP contribution in [0.1, 0.15) is 5.56 Å². The summed E-state index contributed by atoms with van der Waals surface area (Å²) in [5.41, 5.74) is 0.899. The van der Waals surface area contributed by atoms with Crippen LogP contribution in [-0.2, 0) is 15.8 Å². The minimum absolute atomic E-state index is 0.0674. The molecule has 0 aliphatic heterocycles. The highest BCUT2D eigenvalue weighted by Crippen LogP contribution is 2.15. The van der Waals surface area contributed by atoms with Gasteiger partial charge < -0.3 is 0 Å². The van der Waals surface area contributed by atoms with Crippen LogP contribution in [-0.4, -0.2) is 13.3 Å². The van der Waals surface area contributed by atoms with E-state index in [0.717, 1.165) is 0 Å². The average molecular weight is 292 g/mol. The molecule has 0 fully saturated rings. The molecule has 104 valence electrons. The van der Waals surface area contributed by atoms with E-state index in [0.29, 0.717) is 11.3 Å². The third kappa shape index (κ3) is 3.79. The van der Waals surface area contributed by atoms with E-state index in [1.165, 1.54) is 24.3 Å². The van der Waals surface area contributed by atoms with Crippen LogP contribution in [0.4, 0.5) is 11.4 Å². The van der Waals surface area contributed by atoms with Gasteiger partial charge in [-0.2, -0.15) is 0 Å². The van der Waals surface area contributed by atoms with Gasteiger partial charge in [-0.3, -0.25) is 14.8 Å². The minimum Gasteiger partial charge on any atom is -0.283 e. The first kappa shape index (κ1) is 14.0. The lowest BCUT2D eigenvalue weighted by Crippen LogP contribution is -2.14. The number of benzene rings is 2. The van der Waals surface area contributed by atoms with Crippen LogP contribution in [0.25, 0.3) is 0 Å². The van der Waals surface area contributed by atoms with Gasteiger partial charge in [0.15, 0.2) is 0 Å². The van der Waals surface area contributed by atoms with Crippen LogP contribution in [0.15, 0.2) is 54.6 Å². The molecule has 0 atom stereocenters. The zero-order valence-electron chi connectivity index (χ0n) is 10.4. The number of nitrogens with one attached hydrogen (secondary N) is 1. The molecule has 0 aromatic heterocycles. The van der Waals surface area contributed by atoms with Gasteiger partial charge in [-0.1, -0.05) is 30.3 Å². The minimum atomic E-state index is -3.54. The van der Waals surface area contributed by atoms with Gasteiger partial charge in [0.1, 0.15) is 0 Å². The second kappa shape index (κ2) is 5.70. The number of nitro benzene ring substituents is 1.